The summed E-state index contributed by atoms with van der Waals surface area (Å²) in [6.45, 7) is 8.28. The molecule has 2 rings (SSSR count). The number of hydrogen-bond acceptors (Lipinski definition) is 4. The van der Waals surface area contributed by atoms with E-state index in [1.165, 1.54) is 0 Å². The molecule has 1 aromatic heterocycles. The number of carbonyl (C=O) groups is 1. The van der Waals surface area contributed by atoms with E-state index in [0.29, 0.717) is 6.54 Å². The number of aromatic nitrogens is 3. The van der Waals surface area contributed by atoms with E-state index < -0.39 is 5.60 Å². The van der Waals surface area contributed by atoms with Gasteiger partial charge in [-0.15, -0.1) is 10.2 Å². The molecule has 1 amide bonds. The Bertz CT molecular complexity index is 490. The highest BCUT2D eigenvalue weighted by Crippen LogP contribution is 2.31. The molecule has 1 atom stereocenters. The van der Waals surface area contributed by atoms with Gasteiger partial charge in [-0.25, -0.2) is 4.79 Å². The summed E-state index contributed by atoms with van der Waals surface area (Å²) in [7, 11) is 1.94. The summed E-state index contributed by atoms with van der Waals surface area (Å²) in [5.74, 6) is 1.70. The van der Waals surface area contributed by atoms with E-state index >= 15 is 0 Å². The van der Waals surface area contributed by atoms with Crippen molar-refractivity contribution in [1.82, 2.24) is 19.7 Å². The largest absolute Gasteiger partial charge is 0.444 e. The summed E-state index contributed by atoms with van der Waals surface area (Å²) >= 11 is 0. The quantitative estimate of drug-likeness (QED) is 0.793. The van der Waals surface area contributed by atoms with Crippen molar-refractivity contribution in [2.75, 3.05) is 6.54 Å². The molecule has 0 bridgehead atoms. The summed E-state index contributed by atoms with van der Waals surface area (Å²) in [5, 5.41) is 8.33. The molecule has 1 saturated heterocycles. The fourth-order valence-electron chi connectivity index (χ4n) is 2.45. The van der Waals surface area contributed by atoms with E-state index in [1.54, 1.807) is 4.90 Å². The van der Waals surface area contributed by atoms with E-state index in [-0.39, 0.29) is 12.1 Å². The first-order chi connectivity index (χ1) is 9.29. The van der Waals surface area contributed by atoms with Crippen LogP contribution in [0.2, 0.25) is 0 Å². The second-order valence-corrected chi connectivity index (χ2v) is 6.35. The van der Waals surface area contributed by atoms with Gasteiger partial charge in [0.15, 0.2) is 5.82 Å². The third-order valence-electron chi connectivity index (χ3n) is 3.56. The SMILES string of the molecule is Cc1nnc(C2CCCCN2C(=O)OC(C)(C)C)n1C. The Kier molecular flexibility index (Phi) is 4.01. The Morgan fingerprint density at radius 1 is 1.30 bits per heavy atom. The topological polar surface area (TPSA) is 60.3 Å². The molecule has 1 aliphatic rings. The Balaban J connectivity index is 2.21. The van der Waals surface area contributed by atoms with Crippen LogP contribution < -0.4 is 0 Å². The molecular formula is C14H24N4O2. The zero-order chi connectivity index (χ0) is 14.9. The molecule has 1 fully saturated rings. The minimum Gasteiger partial charge on any atom is -0.444 e. The molecule has 1 aromatic rings. The van der Waals surface area contributed by atoms with E-state index in [1.807, 2.05) is 39.3 Å². The van der Waals surface area contributed by atoms with Gasteiger partial charge in [0, 0.05) is 13.6 Å². The van der Waals surface area contributed by atoms with Crippen molar-refractivity contribution >= 4 is 6.09 Å². The first-order valence-electron chi connectivity index (χ1n) is 7.15. The highest BCUT2D eigenvalue weighted by atomic mass is 16.6. The molecule has 20 heavy (non-hydrogen) atoms. The van der Waals surface area contributed by atoms with Crippen molar-refractivity contribution in [2.24, 2.45) is 7.05 Å². The Hall–Kier alpha value is -1.59. The number of rotatable bonds is 1. The lowest BCUT2D eigenvalue weighted by atomic mass is 10.0. The molecule has 0 aromatic carbocycles. The third-order valence-corrected chi connectivity index (χ3v) is 3.56. The molecule has 112 valence electrons. The lowest BCUT2D eigenvalue weighted by Gasteiger charge is -2.36. The van der Waals surface area contributed by atoms with Crippen LogP contribution in [0.15, 0.2) is 0 Å². The van der Waals surface area contributed by atoms with E-state index in [0.717, 1.165) is 30.9 Å². The number of nitrogens with zero attached hydrogens (tertiary/aromatic N) is 4. The van der Waals surface area contributed by atoms with Crippen LogP contribution in [0.4, 0.5) is 4.79 Å². The molecule has 0 saturated carbocycles. The molecule has 0 spiro atoms. The number of aryl methyl sites for hydroxylation is 1. The van der Waals surface area contributed by atoms with Gasteiger partial charge < -0.3 is 9.30 Å². The zero-order valence-corrected chi connectivity index (χ0v) is 13.0. The van der Waals surface area contributed by atoms with Gasteiger partial charge in [-0.05, 0) is 47.0 Å². The second-order valence-electron chi connectivity index (χ2n) is 6.35. The van der Waals surface area contributed by atoms with Gasteiger partial charge in [0.25, 0.3) is 0 Å². The molecule has 0 N–H and O–H groups in total. The number of carbonyl (C=O) groups excluding carboxylic acids is 1. The molecule has 2 heterocycles. The number of likely N-dealkylation sites (tertiary alicyclic amines) is 1. The van der Waals surface area contributed by atoms with Gasteiger partial charge >= 0.3 is 6.09 Å². The molecule has 1 aliphatic heterocycles. The number of amides is 1. The fraction of sp³-hybridized carbons (Fsp3) is 0.786. The van der Waals surface area contributed by atoms with Crippen LogP contribution in [0.25, 0.3) is 0 Å². The minimum atomic E-state index is -0.477. The lowest BCUT2D eigenvalue weighted by molar-refractivity contribution is 0.00809. The van der Waals surface area contributed by atoms with Crippen molar-refractivity contribution in [1.29, 1.82) is 0 Å². The van der Waals surface area contributed by atoms with Gasteiger partial charge in [-0.3, -0.25) is 4.90 Å². The van der Waals surface area contributed by atoms with Crippen molar-refractivity contribution in [3.63, 3.8) is 0 Å². The van der Waals surface area contributed by atoms with Gasteiger partial charge in [-0.1, -0.05) is 0 Å². The fourth-order valence-corrected chi connectivity index (χ4v) is 2.45. The van der Waals surface area contributed by atoms with Crippen LogP contribution in [0.1, 0.15) is 57.7 Å². The molecule has 1 unspecified atom stereocenters. The van der Waals surface area contributed by atoms with E-state index in [4.69, 9.17) is 4.74 Å². The minimum absolute atomic E-state index is 0.0372. The smallest absolute Gasteiger partial charge is 0.410 e. The average molecular weight is 280 g/mol. The van der Waals surface area contributed by atoms with Crippen LogP contribution >= 0.6 is 0 Å². The number of hydrogen-bond donors (Lipinski definition) is 0. The Morgan fingerprint density at radius 3 is 2.55 bits per heavy atom. The van der Waals surface area contributed by atoms with Crippen molar-refractivity contribution in [3.05, 3.63) is 11.6 Å². The predicted octanol–water partition coefficient (Wildman–Crippen LogP) is 2.59. The highest BCUT2D eigenvalue weighted by molar-refractivity contribution is 5.68. The first-order valence-corrected chi connectivity index (χ1v) is 7.15. The monoisotopic (exact) mass is 280 g/mol. The number of piperidine rings is 1. The predicted molar refractivity (Wildman–Crippen MR) is 75.3 cm³/mol. The third kappa shape index (κ3) is 3.11. The van der Waals surface area contributed by atoms with Crippen molar-refractivity contribution in [3.8, 4) is 0 Å². The van der Waals surface area contributed by atoms with E-state index in [9.17, 15) is 4.79 Å². The van der Waals surface area contributed by atoms with Crippen LogP contribution in [0.3, 0.4) is 0 Å². The van der Waals surface area contributed by atoms with Crippen LogP contribution in [-0.4, -0.2) is 37.9 Å². The van der Waals surface area contributed by atoms with Crippen molar-refractivity contribution in [2.45, 2.75) is 58.6 Å². The maximum absolute atomic E-state index is 12.4. The Labute approximate surface area is 120 Å². The molecule has 6 nitrogen and oxygen atoms in total. The Morgan fingerprint density at radius 2 is 2.00 bits per heavy atom. The standard InChI is InChI=1S/C14H24N4O2/c1-10-15-16-12(17(10)5)11-8-6-7-9-18(11)13(19)20-14(2,3)4/h11H,6-9H2,1-5H3. The summed E-state index contributed by atoms with van der Waals surface area (Å²) in [4.78, 5) is 14.2. The van der Waals surface area contributed by atoms with Crippen LogP contribution in [-0.2, 0) is 11.8 Å². The van der Waals surface area contributed by atoms with Gasteiger partial charge in [0.2, 0.25) is 0 Å². The molecule has 0 aliphatic carbocycles. The van der Waals surface area contributed by atoms with Gasteiger partial charge in [0.05, 0.1) is 6.04 Å². The number of ether oxygens (including phenoxy) is 1. The maximum atomic E-state index is 12.4. The second kappa shape index (κ2) is 5.42. The summed E-state index contributed by atoms with van der Waals surface area (Å²) < 4.78 is 7.46. The average Bonchev–Trinajstić information content (AvgIpc) is 2.68. The van der Waals surface area contributed by atoms with Crippen LogP contribution in [0, 0.1) is 6.92 Å². The lowest BCUT2D eigenvalue weighted by Crippen LogP contribution is -2.42. The van der Waals surface area contributed by atoms with Gasteiger partial charge in [0.1, 0.15) is 11.4 Å². The van der Waals surface area contributed by atoms with Crippen LogP contribution in [0.5, 0.6) is 0 Å². The van der Waals surface area contributed by atoms with Gasteiger partial charge in [-0.2, -0.15) is 0 Å². The van der Waals surface area contributed by atoms with Crippen molar-refractivity contribution < 1.29 is 9.53 Å². The molecule has 0 radical (unpaired) electrons. The molecule has 6 heteroatoms. The van der Waals surface area contributed by atoms with E-state index in [2.05, 4.69) is 10.2 Å². The summed E-state index contributed by atoms with van der Waals surface area (Å²) in [6, 6.07) is -0.0372. The highest BCUT2D eigenvalue weighted by Gasteiger charge is 2.34. The summed E-state index contributed by atoms with van der Waals surface area (Å²) in [6.07, 6.45) is 2.75. The first kappa shape index (κ1) is 14.8. The maximum Gasteiger partial charge on any atom is 0.410 e. The summed E-state index contributed by atoms with van der Waals surface area (Å²) in [5.41, 5.74) is -0.477. The molecular weight excluding hydrogens is 256 g/mol. The zero-order valence-electron chi connectivity index (χ0n) is 13.0. The normalized spacial score (nSPS) is 20.1.